The van der Waals surface area contributed by atoms with Crippen molar-refractivity contribution in [1.82, 2.24) is 9.78 Å². The number of aliphatic hydroxyl groups excluding tert-OH is 1. The van der Waals surface area contributed by atoms with Crippen molar-refractivity contribution in [3.05, 3.63) is 17.5 Å². The van der Waals surface area contributed by atoms with Gasteiger partial charge in [-0.15, -0.1) is 0 Å². The molecular formula is C18H34N2O. The van der Waals surface area contributed by atoms with Gasteiger partial charge in [0, 0.05) is 6.54 Å². The molecule has 0 saturated heterocycles. The van der Waals surface area contributed by atoms with Gasteiger partial charge in [0.1, 0.15) is 0 Å². The minimum atomic E-state index is -0.349. The van der Waals surface area contributed by atoms with E-state index in [2.05, 4.69) is 31.9 Å². The van der Waals surface area contributed by atoms with Gasteiger partial charge in [0.2, 0.25) is 0 Å². The van der Waals surface area contributed by atoms with Crippen molar-refractivity contribution < 1.29 is 5.11 Å². The van der Waals surface area contributed by atoms with E-state index in [0.29, 0.717) is 0 Å². The van der Waals surface area contributed by atoms with Crippen LogP contribution in [0.4, 0.5) is 0 Å². The third-order valence-electron chi connectivity index (χ3n) is 4.20. The number of unbranched alkanes of at least 4 members (excludes halogenated alkanes) is 7. The van der Waals surface area contributed by atoms with Crippen LogP contribution in [0.3, 0.4) is 0 Å². The highest BCUT2D eigenvalue weighted by Gasteiger charge is 2.14. The Morgan fingerprint density at radius 3 is 2.19 bits per heavy atom. The number of aliphatic hydroxyl groups is 1. The summed E-state index contributed by atoms with van der Waals surface area (Å²) in [7, 11) is 0. The summed E-state index contributed by atoms with van der Waals surface area (Å²) < 4.78 is 1.95. The number of rotatable bonds is 12. The Labute approximate surface area is 130 Å². The van der Waals surface area contributed by atoms with E-state index in [0.717, 1.165) is 37.2 Å². The molecule has 0 radical (unpaired) electrons. The molecule has 122 valence electrons. The maximum absolute atomic E-state index is 10.4. The normalized spacial score (nSPS) is 12.8. The fourth-order valence-corrected chi connectivity index (χ4v) is 2.80. The molecule has 0 aromatic carbocycles. The Morgan fingerprint density at radius 2 is 1.62 bits per heavy atom. The van der Waals surface area contributed by atoms with Gasteiger partial charge in [-0.2, -0.15) is 5.10 Å². The molecule has 0 amide bonds. The van der Waals surface area contributed by atoms with Crippen LogP contribution >= 0.6 is 0 Å². The van der Waals surface area contributed by atoms with Crippen molar-refractivity contribution in [3.63, 3.8) is 0 Å². The van der Waals surface area contributed by atoms with Crippen molar-refractivity contribution in [2.75, 3.05) is 0 Å². The van der Waals surface area contributed by atoms with Crippen LogP contribution in [0.15, 0.2) is 6.07 Å². The van der Waals surface area contributed by atoms with E-state index in [4.69, 9.17) is 0 Å². The lowest BCUT2D eigenvalue weighted by Crippen LogP contribution is -2.08. The molecule has 0 saturated carbocycles. The lowest BCUT2D eigenvalue weighted by Gasteiger charge is -2.12. The number of aromatic nitrogens is 2. The first kappa shape index (κ1) is 18.2. The second-order valence-corrected chi connectivity index (χ2v) is 6.01. The fourth-order valence-electron chi connectivity index (χ4n) is 2.80. The predicted molar refractivity (Wildman–Crippen MR) is 89.5 cm³/mol. The zero-order valence-electron chi connectivity index (χ0n) is 14.3. The lowest BCUT2D eigenvalue weighted by atomic mass is 10.0. The number of hydrogen-bond acceptors (Lipinski definition) is 2. The summed E-state index contributed by atoms with van der Waals surface area (Å²) in [5.74, 6) is 0. The van der Waals surface area contributed by atoms with Crippen LogP contribution in [0.2, 0.25) is 0 Å². The second kappa shape index (κ2) is 10.8. The molecule has 0 fully saturated rings. The first-order valence-corrected chi connectivity index (χ1v) is 8.97. The summed E-state index contributed by atoms with van der Waals surface area (Å²) >= 11 is 0. The monoisotopic (exact) mass is 294 g/mol. The Kier molecular flexibility index (Phi) is 9.40. The summed E-state index contributed by atoms with van der Waals surface area (Å²) in [5.41, 5.74) is 2.08. The molecule has 3 nitrogen and oxygen atoms in total. The Hall–Kier alpha value is -0.830. The first-order chi connectivity index (χ1) is 10.2. The molecule has 1 aromatic rings. The third-order valence-corrected chi connectivity index (χ3v) is 4.20. The van der Waals surface area contributed by atoms with Gasteiger partial charge < -0.3 is 5.11 Å². The van der Waals surface area contributed by atoms with Crippen LogP contribution in [0.1, 0.15) is 96.1 Å². The second-order valence-electron chi connectivity index (χ2n) is 6.01. The number of nitrogens with zero attached hydrogens (tertiary/aromatic N) is 2. The largest absolute Gasteiger partial charge is 0.387 e. The molecule has 1 atom stereocenters. The van der Waals surface area contributed by atoms with E-state index in [1.54, 1.807) is 0 Å². The summed E-state index contributed by atoms with van der Waals surface area (Å²) in [6.07, 6.45) is 11.9. The summed E-state index contributed by atoms with van der Waals surface area (Å²) in [6.45, 7) is 7.28. The molecule has 21 heavy (non-hydrogen) atoms. The molecule has 1 unspecified atom stereocenters. The Bertz CT molecular complexity index is 373. The van der Waals surface area contributed by atoms with Crippen molar-refractivity contribution in [3.8, 4) is 0 Å². The molecule has 0 bridgehead atoms. The SMILES string of the molecule is CCCCCCCCCCC(O)c1cc(CC)nn1CC. The molecular weight excluding hydrogens is 260 g/mol. The Morgan fingerprint density at radius 1 is 1.00 bits per heavy atom. The quantitative estimate of drug-likeness (QED) is 0.549. The molecule has 1 rings (SSSR count). The third kappa shape index (κ3) is 6.64. The van der Waals surface area contributed by atoms with Crippen LogP contribution in [-0.4, -0.2) is 14.9 Å². The van der Waals surface area contributed by atoms with E-state index in [1.165, 1.54) is 44.9 Å². The van der Waals surface area contributed by atoms with Gasteiger partial charge in [0.15, 0.2) is 0 Å². The van der Waals surface area contributed by atoms with Crippen LogP contribution in [0.25, 0.3) is 0 Å². The predicted octanol–water partition coefficient (Wildman–Crippen LogP) is 5.03. The minimum Gasteiger partial charge on any atom is -0.387 e. The average molecular weight is 294 g/mol. The van der Waals surface area contributed by atoms with Crippen molar-refractivity contribution in [1.29, 1.82) is 0 Å². The lowest BCUT2D eigenvalue weighted by molar-refractivity contribution is 0.152. The van der Waals surface area contributed by atoms with Gasteiger partial charge in [-0.3, -0.25) is 4.68 Å². The van der Waals surface area contributed by atoms with Crippen molar-refractivity contribution >= 4 is 0 Å². The highest BCUT2D eigenvalue weighted by Crippen LogP contribution is 2.21. The number of hydrogen-bond donors (Lipinski definition) is 1. The fraction of sp³-hybridized carbons (Fsp3) is 0.833. The van der Waals surface area contributed by atoms with Gasteiger partial charge in [0.25, 0.3) is 0 Å². The molecule has 0 aliphatic carbocycles. The zero-order valence-corrected chi connectivity index (χ0v) is 14.3. The molecule has 1 N–H and O–H groups in total. The smallest absolute Gasteiger partial charge is 0.0956 e. The highest BCUT2D eigenvalue weighted by atomic mass is 16.3. The minimum absolute atomic E-state index is 0.349. The number of aryl methyl sites for hydroxylation is 2. The molecule has 3 heteroatoms. The van der Waals surface area contributed by atoms with Crippen LogP contribution < -0.4 is 0 Å². The van der Waals surface area contributed by atoms with Crippen LogP contribution in [0, 0.1) is 0 Å². The van der Waals surface area contributed by atoms with Crippen LogP contribution in [-0.2, 0) is 13.0 Å². The maximum Gasteiger partial charge on any atom is 0.0956 e. The van der Waals surface area contributed by atoms with Gasteiger partial charge in [-0.1, -0.05) is 65.2 Å². The standard InChI is InChI=1S/C18H34N2O/c1-4-7-8-9-10-11-12-13-14-18(21)17-15-16(5-2)19-20(17)6-3/h15,18,21H,4-14H2,1-3H3. The topological polar surface area (TPSA) is 38.1 Å². The van der Waals surface area contributed by atoms with E-state index in [9.17, 15) is 5.11 Å². The summed E-state index contributed by atoms with van der Waals surface area (Å²) in [5, 5.41) is 14.9. The van der Waals surface area contributed by atoms with Crippen molar-refractivity contribution in [2.45, 2.75) is 97.6 Å². The van der Waals surface area contributed by atoms with E-state index < -0.39 is 0 Å². The molecule has 1 heterocycles. The summed E-state index contributed by atoms with van der Waals surface area (Å²) in [6, 6.07) is 2.07. The van der Waals surface area contributed by atoms with Gasteiger partial charge >= 0.3 is 0 Å². The molecule has 0 aliphatic rings. The molecule has 1 aromatic heterocycles. The van der Waals surface area contributed by atoms with Gasteiger partial charge in [0.05, 0.1) is 17.5 Å². The van der Waals surface area contributed by atoms with E-state index >= 15 is 0 Å². The van der Waals surface area contributed by atoms with E-state index in [-0.39, 0.29) is 6.10 Å². The van der Waals surface area contributed by atoms with Gasteiger partial charge in [-0.25, -0.2) is 0 Å². The van der Waals surface area contributed by atoms with Crippen LogP contribution in [0.5, 0.6) is 0 Å². The zero-order chi connectivity index (χ0) is 15.5. The maximum atomic E-state index is 10.4. The Balaban J connectivity index is 2.21. The molecule has 0 spiro atoms. The average Bonchev–Trinajstić information content (AvgIpc) is 2.93. The highest BCUT2D eigenvalue weighted by molar-refractivity contribution is 5.13. The van der Waals surface area contributed by atoms with E-state index in [1.807, 2.05) is 4.68 Å². The van der Waals surface area contributed by atoms with Crippen molar-refractivity contribution in [2.24, 2.45) is 0 Å². The first-order valence-electron chi connectivity index (χ1n) is 8.97. The van der Waals surface area contributed by atoms with Gasteiger partial charge in [-0.05, 0) is 25.8 Å². The summed E-state index contributed by atoms with van der Waals surface area (Å²) in [4.78, 5) is 0. The molecule has 0 aliphatic heterocycles.